The Hall–Kier alpha value is -1.43. The molecule has 0 N–H and O–H groups in total. The summed E-state index contributed by atoms with van der Waals surface area (Å²) in [5.74, 6) is 0.379. The van der Waals surface area contributed by atoms with Crippen LogP contribution in [0.4, 0.5) is 0 Å². The molecule has 0 atom stereocenters. The van der Waals surface area contributed by atoms with Crippen molar-refractivity contribution in [2.75, 3.05) is 7.11 Å². The quantitative estimate of drug-likeness (QED) is 0.638. The van der Waals surface area contributed by atoms with Crippen molar-refractivity contribution >= 4 is 28.4 Å². The smallest absolute Gasteiger partial charge is 0.216 e. The summed E-state index contributed by atoms with van der Waals surface area (Å²) in [5.41, 5.74) is 0.990. The van der Waals surface area contributed by atoms with Crippen LogP contribution in [0.25, 0.3) is 0 Å². The number of aromatic nitrogens is 1. The third kappa shape index (κ3) is 2.46. The van der Waals surface area contributed by atoms with Crippen LogP contribution < -0.4 is 4.74 Å². The number of hydrogen-bond donors (Lipinski definition) is 0. The number of carbonyl (C=O) groups excluding carboxylic acids is 1. The number of halogens is 1. The van der Waals surface area contributed by atoms with Gasteiger partial charge in [-0.05, 0) is 46.9 Å². The van der Waals surface area contributed by atoms with Gasteiger partial charge in [-0.1, -0.05) is 12.1 Å². The van der Waals surface area contributed by atoms with E-state index >= 15 is 0 Å². The molecule has 0 fully saturated rings. The minimum Gasteiger partial charge on any atom is -0.494 e. The van der Waals surface area contributed by atoms with Crippen molar-refractivity contribution < 1.29 is 9.53 Å². The van der Waals surface area contributed by atoms with Crippen LogP contribution in [0, 0.1) is 3.57 Å². The zero-order valence-corrected chi connectivity index (χ0v) is 11.3. The van der Waals surface area contributed by atoms with E-state index in [0.29, 0.717) is 17.0 Å². The van der Waals surface area contributed by atoms with Crippen molar-refractivity contribution in [3.63, 3.8) is 0 Å². The molecule has 0 bridgehead atoms. The Morgan fingerprint density at radius 2 is 2.00 bits per heavy atom. The third-order valence-electron chi connectivity index (χ3n) is 2.32. The number of ketones is 1. The fraction of sp³-hybridized carbons (Fsp3) is 0.0769. The molecule has 86 valence electrons. The Balaban J connectivity index is 2.48. The second kappa shape index (κ2) is 5.27. The Labute approximate surface area is 113 Å². The molecular formula is C13H10INO2. The Morgan fingerprint density at radius 1 is 1.24 bits per heavy atom. The maximum Gasteiger partial charge on any atom is 0.216 e. The second-order valence-corrected chi connectivity index (χ2v) is 4.53. The first kappa shape index (κ1) is 12.0. The summed E-state index contributed by atoms with van der Waals surface area (Å²) in [7, 11) is 1.53. The summed E-state index contributed by atoms with van der Waals surface area (Å²) in [6.45, 7) is 0. The van der Waals surface area contributed by atoms with Gasteiger partial charge in [0.2, 0.25) is 5.78 Å². The van der Waals surface area contributed by atoms with Crippen molar-refractivity contribution in [1.82, 2.24) is 4.98 Å². The summed E-state index contributed by atoms with van der Waals surface area (Å²) in [6, 6.07) is 10.9. The number of carbonyl (C=O) groups is 1. The summed E-state index contributed by atoms with van der Waals surface area (Å²) in [4.78, 5) is 16.4. The van der Waals surface area contributed by atoms with E-state index in [0.717, 1.165) is 3.57 Å². The van der Waals surface area contributed by atoms with Gasteiger partial charge in [0.1, 0.15) is 5.75 Å². The molecule has 3 nitrogen and oxygen atoms in total. The van der Waals surface area contributed by atoms with E-state index in [2.05, 4.69) is 27.6 Å². The largest absolute Gasteiger partial charge is 0.494 e. The maximum atomic E-state index is 12.3. The summed E-state index contributed by atoms with van der Waals surface area (Å²) in [5, 5.41) is 0. The Kier molecular flexibility index (Phi) is 3.73. The van der Waals surface area contributed by atoms with Crippen molar-refractivity contribution in [3.8, 4) is 5.75 Å². The average molecular weight is 339 g/mol. The van der Waals surface area contributed by atoms with Crippen LogP contribution in [0.2, 0.25) is 0 Å². The lowest BCUT2D eigenvalue weighted by Crippen LogP contribution is -2.07. The monoisotopic (exact) mass is 339 g/mol. The predicted molar refractivity (Wildman–Crippen MR) is 73.4 cm³/mol. The number of ether oxygens (including phenoxy) is 1. The fourth-order valence-corrected chi connectivity index (χ4v) is 2.13. The first-order valence-corrected chi connectivity index (χ1v) is 6.10. The molecule has 0 aliphatic carbocycles. The molecule has 1 aromatic carbocycles. The van der Waals surface area contributed by atoms with Crippen LogP contribution in [0.1, 0.15) is 16.1 Å². The van der Waals surface area contributed by atoms with E-state index in [1.807, 2.05) is 18.2 Å². The van der Waals surface area contributed by atoms with Crippen LogP contribution in [0.3, 0.4) is 0 Å². The van der Waals surface area contributed by atoms with Crippen molar-refractivity contribution in [2.24, 2.45) is 0 Å². The lowest BCUT2D eigenvalue weighted by atomic mass is 10.1. The SMILES string of the molecule is COc1cccnc1C(=O)c1ccccc1I. The van der Waals surface area contributed by atoms with E-state index in [4.69, 9.17) is 4.74 Å². The molecule has 4 heteroatoms. The van der Waals surface area contributed by atoms with Gasteiger partial charge in [-0.15, -0.1) is 0 Å². The first-order valence-electron chi connectivity index (χ1n) is 5.02. The fourth-order valence-electron chi connectivity index (χ4n) is 1.50. The highest BCUT2D eigenvalue weighted by molar-refractivity contribution is 14.1. The normalized spacial score (nSPS) is 10.0. The van der Waals surface area contributed by atoms with Crippen molar-refractivity contribution in [1.29, 1.82) is 0 Å². The third-order valence-corrected chi connectivity index (χ3v) is 3.26. The van der Waals surface area contributed by atoms with Crippen LogP contribution >= 0.6 is 22.6 Å². The highest BCUT2D eigenvalue weighted by Crippen LogP contribution is 2.21. The zero-order chi connectivity index (χ0) is 12.3. The van der Waals surface area contributed by atoms with E-state index in [9.17, 15) is 4.79 Å². The van der Waals surface area contributed by atoms with Gasteiger partial charge < -0.3 is 4.74 Å². The van der Waals surface area contributed by atoms with Gasteiger partial charge in [-0.25, -0.2) is 4.98 Å². The number of nitrogens with zero attached hydrogens (tertiary/aromatic N) is 1. The molecule has 1 aromatic heterocycles. The van der Waals surface area contributed by atoms with Crippen LogP contribution in [-0.4, -0.2) is 17.9 Å². The molecule has 0 amide bonds. The molecule has 2 rings (SSSR count). The molecular weight excluding hydrogens is 329 g/mol. The standard InChI is InChI=1S/C13H10INO2/c1-17-11-7-4-8-15-12(11)13(16)9-5-2-3-6-10(9)14/h2-8H,1H3. The van der Waals surface area contributed by atoms with Gasteiger partial charge in [0.05, 0.1) is 7.11 Å². The molecule has 2 aromatic rings. The predicted octanol–water partition coefficient (Wildman–Crippen LogP) is 2.93. The number of benzene rings is 1. The van der Waals surface area contributed by atoms with Crippen molar-refractivity contribution in [3.05, 3.63) is 57.4 Å². The van der Waals surface area contributed by atoms with E-state index in [1.165, 1.54) is 7.11 Å². The maximum absolute atomic E-state index is 12.3. The van der Waals surface area contributed by atoms with Gasteiger partial charge in [0.25, 0.3) is 0 Å². The molecule has 0 unspecified atom stereocenters. The average Bonchev–Trinajstić information content (AvgIpc) is 2.38. The van der Waals surface area contributed by atoms with Crippen LogP contribution in [0.5, 0.6) is 5.75 Å². The molecule has 0 aliphatic rings. The molecule has 0 saturated heterocycles. The van der Waals surface area contributed by atoms with Gasteiger partial charge in [0, 0.05) is 15.3 Å². The topological polar surface area (TPSA) is 39.2 Å². The molecule has 0 radical (unpaired) electrons. The summed E-state index contributed by atoms with van der Waals surface area (Å²) < 4.78 is 6.05. The lowest BCUT2D eigenvalue weighted by Gasteiger charge is -2.07. The number of hydrogen-bond acceptors (Lipinski definition) is 3. The van der Waals surface area contributed by atoms with E-state index < -0.39 is 0 Å². The lowest BCUT2D eigenvalue weighted by molar-refractivity contribution is 0.103. The minimum absolute atomic E-state index is 0.118. The van der Waals surface area contributed by atoms with Crippen LogP contribution in [-0.2, 0) is 0 Å². The molecule has 1 heterocycles. The zero-order valence-electron chi connectivity index (χ0n) is 9.18. The van der Waals surface area contributed by atoms with Gasteiger partial charge >= 0.3 is 0 Å². The summed E-state index contributed by atoms with van der Waals surface area (Å²) in [6.07, 6.45) is 1.59. The Bertz CT molecular complexity index is 555. The molecule has 17 heavy (non-hydrogen) atoms. The number of methoxy groups -OCH3 is 1. The van der Waals surface area contributed by atoms with E-state index in [-0.39, 0.29) is 5.78 Å². The highest BCUT2D eigenvalue weighted by atomic mass is 127. The van der Waals surface area contributed by atoms with Crippen LogP contribution in [0.15, 0.2) is 42.6 Å². The van der Waals surface area contributed by atoms with Gasteiger partial charge in [0.15, 0.2) is 5.69 Å². The first-order chi connectivity index (χ1) is 8.24. The molecule has 0 aliphatic heterocycles. The second-order valence-electron chi connectivity index (χ2n) is 3.36. The molecule has 0 saturated carbocycles. The molecule has 0 spiro atoms. The Morgan fingerprint density at radius 3 is 2.71 bits per heavy atom. The van der Waals surface area contributed by atoms with Gasteiger partial charge in [-0.3, -0.25) is 4.79 Å². The number of rotatable bonds is 3. The van der Waals surface area contributed by atoms with Gasteiger partial charge in [-0.2, -0.15) is 0 Å². The summed E-state index contributed by atoms with van der Waals surface area (Å²) >= 11 is 2.14. The van der Waals surface area contributed by atoms with E-state index in [1.54, 1.807) is 24.4 Å². The number of pyridine rings is 1. The minimum atomic E-state index is -0.118. The highest BCUT2D eigenvalue weighted by Gasteiger charge is 2.17. The van der Waals surface area contributed by atoms with Crippen molar-refractivity contribution in [2.45, 2.75) is 0 Å².